The number of rotatable bonds is 18. The minimum atomic E-state index is 1.26. The molecule has 182 valence electrons. The van der Waals surface area contributed by atoms with Crippen molar-refractivity contribution < 1.29 is 0 Å². The first-order valence-corrected chi connectivity index (χ1v) is 17.3. The topological polar surface area (TPSA) is 0 Å². The van der Waals surface area contributed by atoms with Gasteiger partial charge >= 0.3 is 0 Å². The maximum Gasteiger partial charge on any atom is 0.0605 e. The molecule has 0 nitrogen and oxygen atoms in total. The number of hydrogen-bond donors (Lipinski definition) is 0. The van der Waals surface area contributed by atoms with Crippen molar-refractivity contribution in [1.29, 1.82) is 0 Å². The maximum absolute atomic E-state index is 2.32. The summed E-state index contributed by atoms with van der Waals surface area (Å²) in [6, 6.07) is 13.9. The first-order valence-electron chi connectivity index (χ1n) is 12.9. The van der Waals surface area contributed by atoms with Crippen LogP contribution in [0.15, 0.2) is 44.8 Å². The van der Waals surface area contributed by atoms with E-state index in [-0.39, 0.29) is 0 Å². The van der Waals surface area contributed by atoms with Crippen LogP contribution in [0.5, 0.6) is 0 Å². The SMILES string of the molecule is CCCCCCCCSc1ccc(-c2ccc(-c3ccc(SCCCCCCCC)s3)s2)s1. The molecule has 3 heterocycles. The van der Waals surface area contributed by atoms with Gasteiger partial charge in [0.15, 0.2) is 0 Å². The maximum atomic E-state index is 2.32. The second-order valence-electron chi connectivity index (χ2n) is 8.63. The van der Waals surface area contributed by atoms with Crippen molar-refractivity contribution >= 4 is 57.5 Å². The van der Waals surface area contributed by atoms with E-state index < -0.39 is 0 Å². The lowest BCUT2D eigenvalue weighted by Crippen LogP contribution is -1.81. The predicted molar refractivity (Wildman–Crippen MR) is 159 cm³/mol. The molecule has 3 aromatic heterocycles. The first kappa shape index (κ1) is 27.4. The van der Waals surface area contributed by atoms with Crippen molar-refractivity contribution in [3.8, 4) is 19.5 Å². The number of thioether (sulfide) groups is 2. The monoisotopic (exact) mass is 536 g/mol. The molecular formula is C28H40S5. The van der Waals surface area contributed by atoms with Gasteiger partial charge in [0, 0.05) is 19.5 Å². The van der Waals surface area contributed by atoms with Crippen molar-refractivity contribution in [2.24, 2.45) is 0 Å². The summed E-state index contributed by atoms with van der Waals surface area (Å²) in [6.07, 6.45) is 16.6. The summed E-state index contributed by atoms with van der Waals surface area (Å²) in [4.78, 5) is 5.67. The van der Waals surface area contributed by atoms with Gasteiger partial charge in [-0.1, -0.05) is 78.1 Å². The molecule has 0 unspecified atom stereocenters. The van der Waals surface area contributed by atoms with Gasteiger partial charge in [0.05, 0.1) is 8.42 Å². The van der Waals surface area contributed by atoms with E-state index in [1.807, 2.05) is 57.5 Å². The fourth-order valence-corrected chi connectivity index (χ4v) is 9.37. The molecule has 0 atom stereocenters. The van der Waals surface area contributed by atoms with Crippen molar-refractivity contribution in [2.45, 2.75) is 99.3 Å². The Bertz CT molecular complexity index is 817. The van der Waals surface area contributed by atoms with E-state index in [2.05, 4.69) is 50.2 Å². The Hall–Kier alpha value is -0.200. The lowest BCUT2D eigenvalue weighted by molar-refractivity contribution is 0.627. The first-order chi connectivity index (χ1) is 16.3. The Morgan fingerprint density at radius 1 is 0.455 bits per heavy atom. The van der Waals surface area contributed by atoms with Crippen LogP contribution in [0.25, 0.3) is 19.5 Å². The molecule has 0 radical (unpaired) electrons. The molecule has 0 fully saturated rings. The number of hydrogen-bond acceptors (Lipinski definition) is 5. The standard InChI is InChI=1S/C28H40S5/c1-3-5-7-9-11-13-21-29-27-19-17-25(32-27)23-15-16-24(31-23)26-18-20-28(33-26)30-22-14-12-10-8-6-4-2/h15-20H,3-14,21-22H2,1-2H3. The van der Waals surface area contributed by atoms with Gasteiger partial charge in [-0.15, -0.1) is 57.5 Å². The van der Waals surface area contributed by atoms with Gasteiger partial charge < -0.3 is 0 Å². The molecule has 0 N–H and O–H groups in total. The highest BCUT2D eigenvalue weighted by atomic mass is 32.2. The fourth-order valence-electron chi connectivity index (χ4n) is 3.77. The van der Waals surface area contributed by atoms with Gasteiger partial charge in [0.2, 0.25) is 0 Å². The van der Waals surface area contributed by atoms with Crippen LogP contribution in [-0.2, 0) is 0 Å². The summed E-state index contributed by atoms with van der Waals surface area (Å²) in [5.74, 6) is 2.52. The zero-order valence-corrected chi connectivity index (χ0v) is 24.5. The highest BCUT2D eigenvalue weighted by Crippen LogP contribution is 2.43. The third-order valence-electron chi connectivity index (χ3n) is 5.74. The average Bonchev–Trinajstić information content (AvgIpc) is 3.58. The van der Waals surface area contributed by atoms with Gasteiger partial charge in [-0.3, -0.25) is 0 Å². The molecule has 0 aliphatic heterocycles. The van der Waals surface area contributed by atoms with E-state index in [9.17, 15) is 0 Å². The molecule has 0 saturated carbocycles. The van der Waals surface area contributed by atoms with E-state index >= 15 is 0 Å². The summed E-state index contributed by atoms with van der Waals surface area (Å²) < 4.78 is 2.94. The van der Waals surface area contributed by atoms with Crippen LogP contribution < -0.4 is 0 Å². The van der Waals surface area contributed by atoms with Crippen LogP contribution in [0.4, 0.5) is 0 Å². The van der Waals surface area contributed by atoms with Crippen LogP contribution in [0.1, 0.15) is 90.9 Å². The average molecular weight is 537 g/mol. The summed E-state index contributed by atoms with van der Waals surface area (Å²) >= 11 is 9.96. The highest BCUT2D eigenvalue weighted by Gasteiger charge is 2.10. The molecule has 0 saturated heterocycles. The van der Waals surface area contributed by atoms with Gasteiger partial charge in [-0.05, 0) is 60.7 Å². The van der Waals surface area contributed by atoms with Gasteiger partial charge in [-0.25, -0.2) is 0 Å². The number of unbranched alkanes of at least 4 members (excludes halogenated alkanes) is 10. The van der Waals surface area contributed by atoms with Crippen molar-refractivity contribution in [2.75, 3.05) is 11.5 Å². The highest BCUT2D eigenvalue weighted by molar-refractivity contribution is 8.01. The molecule has 0 bridgehead atoms. The molecule has 0 aromatic carbocycles. The molecule has 3 rings (SSSR count). The Labute approximate surface area is 223 Å². The van der Waals surface area contributed by atoms with Crippen LogP contribution in [0.3, 0.4) is 0 Å². The second-order valence-corrected chi connectivity index (χ2v) is 14.7. The summed E-state index contributed by atoms with van der Waals surface area (Å²) in [5.41, 5.74) is 0. The molecule has 0 aliphatic rings. The summed E-state index contributed by atoms with van der Waals surface area (Å²) in [6.45, 7) is 4.57. The van der Waals surface area contributed by atoms with Gasteiger partial charge in [-0.2, -0.15) is 0 Å². The summed E-state index contributed by atoms with van der Waals surface area (Å²) in [7, 11) is 0. The quantitative estimate of drug-likeness (QED) is 0.117. The minimum Gasteiger partial charge on any atom is -0.134 e. The zero-order chi connectivity index (χ0) is 23.1. The van der Waals surface area contributed by atoms with E-state index in [1.165, 1.54) is 116 Å². The van der Waals surface area contributed by atoms with E-state index in [1.54, 1.807) is 0 Å². The molecule has 0 aliphatic carbocycles. The summed E-state index contributed by atoms with van der Waals surface area (Å²) in [5, 5.41) is 0. The van der Waals surface area contributed by atoms with Crippen LogP contribution in [0, 0.1) is 0 Å². The smallest absolute Gasteiger partial charge is 0.0605 e. The molecular weight excluding hydrogens is 497 g/mol. The zero-order valence-electron chi connectivity index (χ0n) is 20.4. The molecule has 0 amide bonds. The Kier molecular flexibility index (Phi) is 13.7. The van der Waals surface area contributed by atoms with E-state index in [4.69, 9.17) is 0 Å². The molecule has 3 aromatic rings. The third kappa shape index (κ3) is 10.1. The third-order valence-corrected chi connectivity index (χ3v) is 12.0. The largest absolute Gasteiger partial charge is 0.134 e. The normalized spacial score (nSPS) is 11.5. The Balaban J connectivity index is 1.40. The molecule has 0 spiro atoms. The molecule has 5 heteroatoms. The fraction of sp³-hybridized carbons (Fsp3) is 0.571. The van der Waals surface area contributed by atoms with E-state index in [0.717, 1.165) is 0 Å². The van der Waals surface area contributed by atoms with E-state index in [0.29, 0.717) is 0 Å². The number of thiophene rings is 3. The Morgan fingerprint density at radius 2 is 0.818 bits per heavy atom. The minimum absolute atomic E-state index is 1.26. The lowest BCUT2D eigenvalue weighted by atomic mass is 10.1. The van der Waals surface area contributed by atoms with Crippen molar-refractivity contribution in [3.63, 3.8) is 0 Å². The van der Waals surface area contributed by atoms with Crippen LogP contribution >= 0.6 is 57.5 Å². The lowest BCUT2D eigenvalue weighted by Gasteiger charge is -2.00. The van der Waals surface area contributed by atoms with Gasteiger partial charge in [0.1, 0.15) is 0 Å². The molecule has 33 heavy (non-hydrogen) atoms. The second kappa shape index (κ2) is 16.5. The van der Waals surface area contributed by atoms with Crippen LogP contribution in [0.2, 0.25) is 0 Å². The van der Waals surface area contributed by atoms with Crippen molar-refractivity contribution in [3.05, 3.63) is 36.4 Å². The van der Waals surface area contributed by atoms with Crippen molar-refractivity contribution in [1.82, 2.24) is 0 Å². The predicted octanol–water partition coefficient (Wildman–Crippen LogP) is 12.1. The van der Waals surface area contributed by atoms with Gasteiger partial charge in [0.25, 0.3) is 0 Å². The van der Waals surface area contributed by atoms with Crippen LogP contribution in [-0.4, -0.2) is 11.5 Å². The Morgan fingerprint density at radius 3 is 1.27 bits per heavy atom.